The maximum absolute atomic E-state index is 12.3. The number of rotatable bonds is 3. The van der Waals surface area contributed by atoms with Crippen molar-refractivity contribution in [1.29, 1.82) is 5.26 Å². The van der Waals surface area contributed by atoms with E-state index in [1.165, 1.54) is 0 Å². The fraction of sp³-hybridized carbons (Fsp3) is 0.824. The number of carbonyl (C=O) groups is 2. The van der Waals surface area contributed by atoms with E-state index in [2.05, 4.69) is 11.4 Å². The van der Waals surface area contributed by atoms with Gasteiger partial charge in [0, 0.05) is 39.8 Å². The summed E-state index contributed by atoms with van der Waals surface area (Å²) in [6.45, 7) is 2.69. The Morgan fingerprint density at radius 2 is 1.88 bits per heavy atom. The highest BCUT2D eigenvalue weighted by atomic mass is 35.5. The zero-order valence-electron chi connectivity index (χ0n) is 15.0. The molecule has 2 aliphatic heterocycles. The first kappa shape index (κ1) is 19.8. The lowest BCUT2D eigenvalue weighted by atomic mass is 10.0. The standard InChI is InChI=1S/C17H27N5O2.ClH/c1-20(2)17(24)21-10-12-6-14(7-13(12)11-21)19-9-16(23)22-5-3-4-15(22)8-18;/h12-15,19H,3-7,9-11H2,1-2H3;1H/t12-,13+,14?,15-;/m0./s1. The summed E-state index contributed by atoms with van der Waals surface area (Å²) in [6, 6.07) is 2.42. The van der Waals surface area contributed by atoms with E-state index < -0.39 is 0 Å². The monoisotopic (exact) mass is 369 g/mol. The first-order chi connectivity index (χ1) is 11.5. The number of nitriles is 1. The number of hydrogen-bond acceptors (Lipinski definition) is 4. The molecule has 2 saturated heterocycles. The summed E-state index contributed by atoms with van der Waals surface area (Å²) >= 11 is 0. The maximum Gasteiger partial charge on any atom is 0.319 e. The van der Waals surface area contributed by atoms with Gasteiger partial charge in [0.25, 0.3) is 0 Å². The minimum Gasteiger partial charge on any atom is -0.331 e. The zero-order chi connectivity index (χ0) is 17.3. The van der Waals surface area contributed by atoms with Crippen LogP contribution in [-0.2, 0) is 4.79 Å². The van der Waals surface area contributed by atoms with E-state index >= 15 is 0 Å². The Bertz CT molecular complexity index is 536. The van der Waals surface area contributed by atoms with Gasteiger partial charge in [0.15, 0.2) is 0 Å². The molecule has 3 aliphatic rings. The number of nitrogens with one attached hydrogen (secondary N) is 1. The van der Waals surface area contributed by atoms with Crippen molar-refractivity contribution in [1.82, 2.24) is 20.0 Å². The third-order valence-corrected chi connectivity index (χ3v) is 5.67. The quantitative estimate of drug-likeness (QED) is 0.801. The molecule has 8 heteroatoms. The summed E-state index contributed by atoms with van der Waals surface area (Å²) in [5.41, 5.74) is 0. The SMILES string of the molecule is CN(C)C(=O)N1C[C@H]2CC(NCC(=O)N3CCC[C@H]3C#N)C[C@H]2C1.Cl. The molecule has 2 heterocycles. The van der Waals surface area contributed by atoms with Gasteiger partial charge in [-0.25, -0.2) is 4.79 Å². The van der Waals surface area contributed by atoms with Crippen LogP contribution in [0.25, 0.3) is 0 Å². The summed E-state index contributed by atoms with van der Waals surface area (Å²) in [6.07, 6.45) is 3.77. The third kappa shape index (κ3) is 4.18. The van der Waals surface area contributed by atoms with Gasteiger partial charge in [-0.15, -0.1) is 12.4 Å². The van der Waals surface area contributed by atoms with Gasteiger partial charge in [0.05, 0.1) is 12.6 Å². The van der Waals surface area contributed by atoms with Crippen LogP contribution in [0.15, 0.2) is 0 Å². The second kappa shape index (κ2) is 8.24. The lowest BCUT2D eigenvalue weighted by Crippen LogP contribution is -2.43. The molecule has 0 bridgehead atoms. The molecule has 1 N–H and O–H groups in total. The van der Waals surface area contributed by atoms with Gasteiger partial charge in [0.2, 0.25) is 5.91 Å². The van der Waals surface area contributed by atoms with E-state index in [0.717, 1.165) is 38.8 Å². The molecule has 1 unspecified atom stereocenters. The van der Waals surface area contributed by atoms with E-state index in [1.807, 2.05) is 4.90 Å². The van der Waals surface area contributed by atoms with Crippen LogP contribution in [0.2, 0.25) is 0 Å². The summed E-state index contributed by atoms with van der Waals surface area (Å²) in [5.74, 6) is 1.13. The molecule has 0 aromatic carbocycles. The van der Waals surface area contributed by atoms with Crippen LogP contribution in [0.1, 0.15) is 25.7 Å². The summed E-state index contributed by atoms with van der Waals surface area (Å²) < 4.78 is 0. The number of urea groups is 1. The Morgan fingerprint density at radius 1 is 1.24 bits per heavy atom. The third-order valence-electron chi connectivity index (χ3n) is 5.67. The first-order valence-corrected chi connectivity index (χ1v) is 8.88. The van der Waals surface area contributed by atoms with Crippen LogP contribution >= 0.6 is 12.4 Å². The molecule has 7 nitrogen and oxygen atoms in total. The van der Waals surface area contributed by atoms with Crippen molar-refractivity contribution < 1.29 is 9.59 Å². The lowest BCUT2D eigenvalue weighted by Gasteiger charge is -2.24. The first-order valence-electron chi connectivity index (χ1n) is 8.88. The highest BCUT2D eigenvalue weighted by Crippen LogP contribution is 2.38. The summed E-state index contributed by atoms with van der Waals surface area (Å²) in [7, 11) is 3.58. The Labute approximate surface area is 155 Å². The van der Waals surface area contributed by atoms with Crippen molar-refractivity contribution in [3.8, 4) is 6.07 Å². The number of amides is 3. The van der Waals surface area contributed by atoms with Gasteiger partial charge in [-0.1, -0.05) is 0 Å². The normalized spacial score (nSPS) is 30.6. The smallest absolute Gasteiger partial charge is 0.319 e. The molecule has 0 aromatic heterocycles. The fourth-order valence-electron chi connectivity index (χ4n) is 4.44. The molecule has 3 amide bonds. The Morgan fingerprint density at radius 3 is 2.44 bits per heavy atom. The van der Waals surface area contributed by atoms with Crippen LogP contribution < -0.4 is 5.32 Å². The van der Waals surface area contributed by atoms with Crippen LogP contribution in [0.3, 0.4) is 0 Å². The highest BCUT2D eigenvalue weighted by Gasteiger charge is 2.42. The molecule has 0 radical (unpaired) electrons. The van der Waals surface area contributed by atoms with Crippen molar-refractivity contribution >= 4 is 24.3 Å². The second-order valence-electron chi connectivity index (χ2n) is 7.53. The molecule has 3 fully saturated rings. The average Bonchev–Trinajstić information content (AvgIpc) is 3.25. The average molecular weight is 370 g/mol. The van der Waals surface area contributed by atoms with Gasteiger partial charge in [-0.2, -0.15) is 5.26 Å². The van der Waals surface area contributed by atoms with Gasteiger partial charge in [-0.05, 0) is 37.5 Å². The minimum atomic E-state index is -0.243. The van der Waals surface area contributed by atoms with Crippen molar-refractivity contribution in [2.75, 3.05) is 40.3 Å². The van der Waals surface area contributed by atoms with Crippen molar-refractivity contribution in [2.24, 2.45) is 11.8 Å². The zero-order valence-corrected chi connectivity index (χ0v) is 15.8. The minimum absolute atomic E-state index is 0. The van der Waals surface area contributed by atoms with Crippen LogP contribution in [-0.4, -0.2) is 79.0 Å². The van der Waals surface area contributed by atoms with Gasteiger partial charge in [0.1, 0.15) is 6.04 Å². The van der Waals surface area contributed by atoms with Crippen molar-refractivity contribution in [3.05, 3.63) is 0 Å². The molecule has 0 aromatic rings. The van der Waals surface area contributed by atoms with Crippen LogP contribution in [0.4, 0.5) is 4.79 Å². The fourth-order valence-corrected chi connectivity index (χ4v) is 4.44. The second-order valence-corrected chi connectivity index (χ2v) is 7.53. The molecule has 3 rings (SSSR count). The van der Waals surface area contributed by atoms with Crippen molar-refractivity contribution in [3.63, 3.8) is 0 Å². The molecular weight excluding hydrogens is 342 g/mol. The molecule has 140 valence electrons. The Balaban J connectivity index is 0.00000225. The topological polar surface area (TPSA) is 79.7 Å². The van der Waals surface area contributed by atoms with E-state index in [4.69, 9.17) is 5.26 Å². The Hall–Kier alpha value is -1.52. The number of likely N-dealkylation sites (tertiary alicyclic amines) is 2. The van der Waals surface area contributed by atoms with E-state index in [1.54, 1.807) is 23.9 Å². The number of hydrogen-bond donors (Lipinski definition) is 1. The lowest BCUT2D eigenvalue weighted by molar-refractivity contribution is -0.130. The van der Waals surface area contributed by atoms with Gasteiger partial charge in [-0.3, -0.25) is 4.79 Å². The molecule has 1 aliphatic carbocycles. The largest absolute Gasteiger partial charge is 0.331 e. The molecular formula is C17H28ClN5O2. The number of halogens is 1. The molecule has 0 spiro atoms. The highest BCUT2D eigenvalue weighted by molar-refractivity contribution is 5.85. The molecule has 25 heavy (non-hydrogen) atoms. The number of carbonyl (C=O) groups excluding carboxylic acids is 2. The summed E-state index contributed by atoms with van der Waals surface area (Å²) in [5, 5.41) is 12.5. The van der Waals surface area contributed by atoms with Crippen LogP contribution in [0.5, 0.6) is 0 Å². The molecule has 1 saturated carbocycles. The van der Waals surface area contributed by atoms with E-state index in [0.29, 0.717) is 31.0 Å². The number of fused-ring (bicyclic) bond motifs is 1. The van der Waals surface area contributed by atoms with Gasteiger partial charge < -0.3 is 20.0 Å². The predicted molar refractivity (Wildman–Crippen MR) is 96.3 cm³/mol. The number of nitrogens with zero attached hydrogens (tertiary/aromatic N) is 4. The molecule has 4 atom stereocenters. The maximum atomic E-state index is 12.3. The van der Waals surface area contributed by atoms with E-state index in [9.17, 15) is 9.59 Å². The van der Waals surface area contributed by atoms with E-state index in [-0.39, 0.29) is 30.4 Å². The van der Waals surface area contributed by atoms with Crippen LogP contribution in [0, 0.1) is 23.2 Å². The summed E-state index contributed by atoms with van der Waals surface area (Å²) in [4.78, 5) is 29.6. The Kier molecular flexibility index (Phi) is 6.53. The van der Waals surface area contributed by atoms with Crippen molar-refractivity contribution in [2.45, 2.75) is 37.8 Å². The van der Waals surface area contributed by atoms with Gasteiger partial charge >= 0.3 is 6.03 Å². The predicted octanol–water partition coefficient (Wildman–Crippen LogP) is 0.904.